The Kier molecular flexibility index (Phi) is 3.19. The maximum atomic E-state index is 12.9. The Morgan fingerprint density at radius 3 is 2.64 bits per heavy atom. The van der Waals surface area contributed by atoms with E-state index in [-0.39, 0.29) is 6.42 Å². The molecular formula is C10H11FO3. The lowest BCUT2D eigenvalue weighted by Gasteiger charge is -2.06. The third-order valence-electron chi connectivity index (χ3n) is 1.82. The van der Waals surface area contributed by atoms with Crippen LogP contribution in [0.4, 0.5) is 4.39 Å². The van der Waals surface area contributed by atoms with Crippen LogP contribution in [0.3, 0.4) is 0 Å². The minimum Gasteiger partial charge on any atom is -0.479 e. The maximum absolute atomic E-state index is 12.9. The van der Waals surface area contributed by atoms with Crippen LogP contribution in [0.5, 0.6) is 0 Å². The number of carbonyl (C=O) groups is 1. The smallest absolute Gasteiger partial charge is 0.332 e. The van der Waals surface area contributed by atoms with Crippen LogP contribution < -0.4 is 0 Å². The highest BCUT2D eigenvalue weighted by atomic mass is 19.1. The Bertz CT molecular complexity index is 329. The van der Waals surface area contributed by atoms with E-state index in [1.165, 1.54) is 12.1 Å². The van der Waals surface area contributed by atoms with Gasteiger partial charge in [0.05, 0.1) is 0 Å². The van der Waals surface area contributed by atoms with Crippen LogP contribution in [-0.4, -0.2) is 22.3 Å². The molecule has 1 aromatic carbocycles. The van der Waals surface area contributed by atoms with E-state index in [9.17, 15) is 9.18 Å². The zero-order valence-electron chi connectivity index (χ0n) is 7.70. The van der Waals surface area contributed by atoms with Crippen molar-refractivity contribution < 1.29 is 19.4 Å². The molecule has 0 fully saturated rings. The second-order valence-corrected chi connectivity index (χ2v) is 3.19. The number of rotatable bonds is 3. The molecule has 0 aliphatic rings. The first kappa shape index (κ1) is 10.7. The standard InChI is InChI=1S/C10H11FO3/c1-6-2-7(4-8(11)3-6)5-9(12)10(13)14/h2-4,9,12H,5H2,1H3,(H,13,14). The van der Waals surface area contributed by atoms with Crippen molar-refractivity contribution in [3.8, 4) is 0 Å². The molecule has 3 nitrogen and oxygen atoms in total. The summed E-state index contributed by atoms with van der Waals surface area (Å²) in [6.45, 7) is 1.71. The Morgan fingerprint density at radius 1 is 1.50 bits per heavy atom. The highest BCUT2D eigenvalue weighted by Gasteiger charge is 2.14. The molecule has 0 amide bonds. The van der Waals surface area contributed by atoms with Gasteiger partial charge in [-0.1, -0.05) is 6.07 Å². The van der Waals surface area contributed by atoms with Crippen LogP contribution in [0.15, 0.2) is 18.2 Å². The van der Waals surface area contributed by atoms with Gasteiger partial charge in [0.25, 0.3) is 0 Å². The second kappa shape index (κ2) is 4.19. The minimum atomic E-state index is -1.48. The zero-order chi connectivity index (χ0) is 10.7. The van der Waals surface area contributed by atoms with Crippen LogP contribution in [-0.2, 0) is 11.2 Å². The summed E-state index contributed by atoms with van der Waals surface area (Å²) in [4.78, 5) is 10.3. The molecular weight excluding hydrogens is 187 g/mol. The van der Waals surface area contributed by atoms with Gasteiger partial charge in [-0.25, -0.2) is 9.18 Å². The lowest BCUT2D eigenvalue weighted by atomic mass is 10.1. The Morgan fingerprint density at radius 2 is 2.14 bits per heavy atom. The normalized spacial score (nSPS) is 12.5. The number of hydrogen-bond donors (Lipinski definition) is 2. The molecule has 0 saturated heterocycles. The van der Waals surface area contributed by atoms with Crippen molar-refractivity contribution in [2.45, 2.75) is 19.4 Å². The first-order chi connectivity index (χ1) is 6.49. The van der Waals surface area contributed by atoms with Gasteiger partial charge in [0.1, 0.15) is 5.82 Å². The monoisotopic (exact) mass is 198 g/mol. The molecule has 2 N–H and O–H groups in total. The molecule has 0 spiro atoms. The van der Waals surface area contributed by atoms with Gasteiger partial charge in [0.2, 0.25) is 0 Å². The van der Waals surface area contributed by atoms with Crippen LogP contribution >= 0.6 is 0 Å². The predicted octanol–water partition coefficient (Wildman–Crippen LogP) is 1.12. The Balaban J connectivity index is 2.81. The van der Waals surface area contributed by atoms with Gasteiger partial charge in [-0.05, 0) is 30.2 Å². The number of benzene rings is 1. The molecule has 0 bridgehead atoms. The average Bonchev–Trinajstić information content (AvgIpc) is 2.01. The highest BCUT2D eigenvalue weighted by molar-refractivity contribution is 5.72. The molecule has 1 rings (SSSR count). The number of carboxylic acid groups (broad SMARTS) is 1. The van der Waals surface area contributed by atoms with Crippen molar-refractivity contribution in [3.05, 3.63) is 35.1 Å². The van der Waals surface area contributed by atoms with Gasteiger partial charge < -0.3 is 10.2 Å². The van der Waals surface area contributed by atoms with E-state index in [1.807, 2.05) is 0 Å². The third kappa shape index (κ3) is 2.81. The van der Waals surface area contributed by atoms with Gasteiger partial charge in [-0.15, -0.1) is 0 Å². The Labute approximate surface area is 80.8 Å². The van der Waals surface area contributed by atoms with E-state index >= 15 is 0 Å². The molecule has 14 heavy (non-hydrogen) atoms. The van der Waals surface area contributed by atoms with Crippen LogP contribution in [0.2, 0.25) is 0 Å². The number of hydrogen-bond acceptors (Lipinski definition) is 2. The van der Waals surface area contributed by atoms with Gasteiger partial charge in [0.15, 0.2) is 6.10 Å². The predicted molar refractivity (Wildman–Crippen MR) is 48.5 cm³/mol. The second-order valence-electron chi connectivity index (χ2n) is 3.19. The average molecular weight is 198 g/mol. The summed E-state index contributed by atoms with van der Waals surface area (Å²) in [6, 6.07) is 4.21. The number of aryl methyl sites for hydroxylation is 1. The van der Waals surface area contributed by atoms with Gasteiger partial charge >= 0.3 is 5.97 Å². The summed E-state index contributed by atoms with van der Waals surface area (Å²) in [5.74, 6) is -1.72. The molecule has 0 aliphatic carbocycles. The van der Waals surface area contributed by atoms with Crippen LogP contribution in [0.25, 0.3) is 0 Å². The van der Waals surface area contributed by atoms with E-state index in [0.29, 0.717) is 11.1 Å². The topological polar surface area (TPSA) is 57.5 Å². The fourth-order valence-electron chi connectivity index (χ4n) is 1.24. The van der Waals surface area contributed by atoms with E-state index in [1.54, 1.807) is 13.0 Å². The SMILES string of the molecule is Cc1cc(F)cc(CC(O)C(=O)O)c1. The molecule has 4 heteroatoms. The fraction of sp³-hybridized carbons (Fsp3) is 0.300. The molecule has 1 unspecified atom stereocenters. The zero-order valence-corrected chi connectivity index (χ0v) is 7.70. The summed E-state index contributed by atoms with van der Waals surface area (Å²) >= 11 is 0. The lowest BCUT2D eigenvalue weighted by Crippen LogP contribution is -2.22. The maximum Gasteiger partial charge on any atom is 0.332 e. The van der Waals surface area contributed by atoms with Crippen LogP contribution in [0.1, 0.15) is 11.1 Å². The number of carboxylic acids is 1. The molecule has 0 saturated carbocycles. The van der Waals surface area contributed by atoms with Crippen molar-refractivity contribution in [2.24, 2.45) is 0 Å². The van der Waals surface area contributed by atoms with Gasteiger partial charge in [-0.3, -0.25) is 0 Å². The molecule has 1 aromatic rings. The lowest BCUT2D eigenvalue weighted by molar-refractivity contribution is -0.146. The van der Waals surface area contributed by atoms with E-state index < -0.39 is 17.9 Å². The number of aliphatic hydroxyl groups excluding tert-OH is 1. The Hall–Kier alpha value is -1.42. The van der Waals surface area contributed by atoms with Gasteiger partial charge in [0, 0.05) is 6.42 Å². The first-order valence-corrected chi connectivity index (χ1v) is 4.16. The molecule has 1 atom stereocenters. The number of aliphatic hydroxyl groups is 1. The summed E-state index contributed by atoms with van der Waals surface area (Å²) in [6.07, 6.45) is -1.55. The molecule has 0 radical (unpaired) electrons. The van der Waals surface area contributed by atoms with Gasteiger partial charge in [-0.2, -0.15) is 0 Å². The van der Waals surface area contributed by atoms with Crippen molar-refractivity contribution in [1.82, 2.24) is 0 Å². The molecule has 0 aromatic heterocycles. The van der Waals surface area contributed by atoms with E-state index in [2.05, 4.69) is 0 Å². The summed E-state index contributed by atoms with van der Waals surface area (Å²) in [5, 5.41) is 17.5. The molecule has 0 aliphatic heterocycles. The van der Waals surface area contributed by atoms with E-state index in [0.717, 1.165) is 0 Å². The summed E-state index contributed by atoms with van der Waals surface area (Å²) in [7, 11) is 0. The molecule has 76 valence electrons. The van der Waals surface area contributed by atoms with Crippen molar-refractivity contribution in [2.75, 3.05) is 0 Å². The number of halogens is 1. The highest BCUT2D eigenvalue weighted by Crippen LogP contribution is 2.10. The van der Waals surface area contributed by atoms with Crippen LogP contribution in [0, 0.1) is 12.7 Å². The molecule has 0 heterocycles. The van der Waals surface area contributed by atoms with E-state index in [4.69, 9.17) is 10.2 Å². The van der Waals surface area contributed by atoms with Crippen molar-refractivity contribution in [1.29, 1.82) is 0 Å². The quantitative estimate of drug-likeness (QED) is 0.765. The summed E-state index contributed by atoms with van der Waals surface area (Å²) < 4.78 is 12.9. The largest absolute Gasteiger partial charge is 0.479 e. The fourth-order valence-corrected chi connectivity index (χ4v) is 1.24. The third-order valence-corrected chi connectivity index (χ3v) is 1.82. The van der Waals surface area contributed by atoms with Crippen molar-refractivity contribution >= 4 is 5.97 Å². The number of aliphatic carboxylic acids is 1. The minimum absolute atomic E-state index is 0.0755. The van der Waals surface area contributed by atoms with Crippen molar-refractivity contribution in [3.63, 3.8) is 0 Å². The first-order valence-electron chi connectivity index (χ1n) is 4.16. The summed E-state index contributed by atoms with van der Waals surface area (Å²) in [5.41, 5.74) is 1.19.